The first-order valence-corrected chi connectivity index (χ1v) is 3.70. The van der Waals surface area contributed by atoms with Crippen LogP contribution in [0.1, 0.15) is 19.4 Å². The lowest BCUT2D eigenvalue weighted by molar-refractivity contribution is 0.0786. The molecule has 0 aliphatic carbocycles. The lowest BCUT2D eigenvalue weighted by Crippen LogP contribution is -2.14. The fourth-order valence-corrected chi connectivity index (χ4v) is 0.943. The molecule has 0 atom stereocenters. The lowest BCUT2D eigenvalue weighted by Gasteiger charge is -2.17. The second kappa shape index (κ2) is 3.03. The van der Waals surface area contributed by atoms with Crippen LogP contribution in [0.15, 0.2) is 29.4 Å². The van der Waals surface area contributed by atoms with Gasteiger partial charge in [0.1, 0.15) is 5.69 Å². The van der Waals surface area contributed by atoms with Crippen molar-refractivity contribution in [3.05, 3.63) is 34.7 Å². The molecule has 0 spiro atoms. The Bertz CT molecular complexity index is 289. The van der Waals surface area contributed by atoms with Gasteiger partial charge >= 0.3 is 0 Å². The van der Waals surface area contributed by atoms with Crippen molar-refractivity contribution in [2.75, 3.05) is 0 Å². The molecular weight excluding hydrogens is 154 g/mol. The minimum Gasteiger partial charge on any atom is -0.386 e. The van der Waals surface area contributed by atoms with E-state index in [1.165, 1.54) is 0 Å². The predicted octanol–water partition coefficient (Wildman–Crippen LogP) is 2.31. The van der Waals surface area contributed by atoms with Gasteiger partial charge in [-0.25, -0.2) is 0 Å². The average molecular weight is 165 g/mol. The van der Waals surface area contributed by atoms with Crippen LogP contribution in [-0.4, -0.2) is 5.11 Å². The van der Waals surface area contributed by atoms with E-state index >= 15 is 0 Å². The highest BCUT2D eigenvalue weighted by Gasteiger charge is 2.15. The molecule has 0 unspecified atom stereocenters. The van der Waals surface area contributed by atoms with Crippen molar-refractivity contribution in [1.82, 2.24) is 0 Å². The van der Waals surface area contributed by atoms with Crippen LogP contribution < -0.4 is 0 Å². The third kappa shape index (κ3) is 1.89. The van der Waals surface area contributed by atoms with Crippen LogP contribution in [0.25, 0.3) is 0 Å². The van der Waals surface area contributed by atoms with E-state index in [9.17, 15) is 10.0 Å². The molecule has 0 heterocycles. The van der Waals surface area contributed by atoms with Crippen LogP contribution in [-0.2, 0) is 5.60 Å². The van der Waals surface area contributed by atoms with Crippen molar-refractivity contribution < 1.29 is 5.11 Å². The van der Waals surface area contributed by atoms with E-state index in [2.05, 4.69) is 5.18 Å². The van der Waals surface area contributed by atoms with Gasteiger partial charge in [0.25, 0.3) is 0 Å². The number of aliphatic hydroxyl groups is 1. The fourth-order valence-electron chi connectivity index (χ4n) is 0.943. The number of benzene rings is 1. The summed E-state index contributed by atoms with van der Waals surface area (Å²) in [5.74, 6) is 0. The molecule has 0 aromatic heterocycles. The zero-order chi connectivity index (χ0) is 9.19. The molecular formula is C9H11NO2. The van der Waals surface area contributed by atoms with E-state index in [4.69, 9.17) is 0 Å². The summed E-state index contributed by atoms with van der Waals surface area (Å²) in [6, 6.07) is 6.63. The Kier molecular flexibility index (Phi) is 2.24. The second-order valence-electron chi connectivity index (χ2n) is 3.20. The first-order chi connectivity index (χ1) is 5.54. The summed E-state index contributed by atoms with van der Waals surface area (Å²) in [6.45, 7) is 3.33. The molecule has 0 fully saturated rings. The number of hydrogen-bond donors (Lipinski definition) is 1. The topological polar surface area (TPSA) is 49.7 Å². The summed E-state index contributed by atoms with van der Waals surface area (Å²) in [4.78, 5) is 10.2. The highest BCUT2D eigenvalue weighted by atomic mass is 16.3. The molecule has 0 radical (unpaired) electrons. The van der Waals surface area contributed by atoms with Crippen LogP contribution in [0.2, 0.25) is 0 Å². The standard InChI is InChI=1S/C9H11NO2/c1-9(2,11)7-4-3-5-8(6-7)10-12/h3-6,11H,1-2H3. The molecule has 3 heteroatoms. The minimum atomic E-state index is -0.916. The average Bonchev–Trinajstić information content (AvgIpc) is 2.03. The summed E-state index contributed by atoms with van der Waals surface area (Å²) >= 11 is 0. The van der Waals surface area contributed by atoms with Gasteiger partial charge in [0.05, 0.1) is 5.60 Å². The SMILES string of the molecule is CC(C)(O)c1cccc(N=O)c1. The number of nitrogens with zero attached hydrogens (tertiary/aromatic N) is 1. The van der Waals surface area contributed by atoms with E-state index in [1.54, 1.807) is 38.1 Å². The third-order valence-electron chi connectivity index (χ3n) is 1.66. The molecule has 12 heavy (non-hydrogen) atoms. The van der Waals surface area contributed by atoms with Crippen LogP contribution in [0.4, 0.5) is 5.69 Å². The zero-order valence-electron chi connectivity index (χ0n) is 7.11. The maximum Gasteiger partial charge on any atom is 0.108 e. The maximum atomic E-state index is 10.2. The van der Waals surface area contributed by atoms with Gasteiger partial charge in [0.2, 0.25) is 0 Å². The highest BCUT2D eigenvalue weighted by molar-refractivity contribution is 5.41. The Hall–Kier alpha value is -1.22. The van der Waals surface area contributed by atoms with Gasteiger partial charge in [-0.3, -0.25) is 0 Å². The first kappa shape index (κ1) is 8.87. The first-order valence-electron chi connectivity index (χ1n) is 3.70. The predicted molar refractivity (Wildman–Crippen MR) is 47.1 cm³/mol. The molecule has 1 aromatic carbocycles. The fraction of sp³-hybridized carbons (Fsp3) is 0.333. The highest BCUT2D eigenvalue weighted by Crippen LogP contribution is 2.23. The van der Waals surface area contributed by atoms with Gasteiger partial charge in [-0.2, -0.15) is 0 Å². The molecule has 0 bridgehead atoms. The summed E-state index contributed by atoms with van der Waals surface area (Å²) < 4.78 is 0. The quantitative estimate of drug-likeness (QED) is 0.683. The molecule has 1 N–H and O–H groups in total. The van der Waals surface area contributed by atoms with Crippen molar-refractivity contribution in [3.8, 4) is 0 Å². The summed E-state index contributed by atoms with van der Waals surface area (Å²) in [7, 11) is 0. The van der Waals surface area contributed by atoms with Gasteiger partial charge in [-0.05, 0) is 36.7 Å². The Morgan fingerprint density at radius 3 is 2.58 bits per heavy atom. The molecule has 0 aliphatic heterocycles. The Labute approximate surface area is 71.0 Å². The van der Waals surface area contributed by atoms with E-state index in [0.717, 1.165) is 0 Å². The van der Waals surface area contributed by atoms with Gasteiger partial charge in [0.15, 0.2) is 0 Å². The van der Waals surface area contributed by atoms with Gasteiger partial charge in [0, 0.05) is 0 Å². The van der Waals surface area contributed by atoms with E-state index < -0.39 is 5.60 Å². The number of rotatable bonds is 2. The minimum absolute atomic E-state index is 0.342. The molecule has 3 nitrogen and oxygen atoms in total. The Morgan fingerprint density at radius 2 is 2.08 bits per heavy atom. The van der Waals surface area contributed by atoms with Crippen LogP contribution in [0.5, 0.6) is 0 Å². The van der Waals surface area contributed by atoms with Gasteiger partial charge in [-0.1, -0.05) is 12.1 Å². The van der Waals surface area contributed by atoms with Gasteiger partial charge < -0.3 is 5.11 Å². The van der Waals surface area contributed by atoms with E-state index in [1.807, 2.05) is 0 Å². The van der Waals surface area contributed by atoms with Crippen LogP contribution >= 0.6 is 0 Å². The molecule has 1 rings (SSSR count). The Balaban J connectivity index is 3.10. The van der Waals surface area contributed by atoms with Crippen molar-refractivity contribution >= 4 is 5.69 Å². The lowest BCUT2D eigenvalue weighted by atomic mass is 9.98. The van der Waals surface area contributed by atoms with Crippen LogP contribution in [0, 0.1) is 4.91 Å². The molecule has 0 amide bonds. The normalized spacial score (nSPS) is 11.2. The summed E-state index contributed by atoms with van der Waals surface area (Å²) in [5.41, 5.74) is 0.120. The van der Waals surface area contributed by atoms with Crippen molar-refractivity contribution in [2.45, 2.75) is 19.4 Å². The Morgan fingerprint density at radius 1 is 1.42 bits per heavy atom. The molecule has 0 saturated heterocycles. The van der Waals surface area contributed by atoms with E-state index in [0.29, 0.717) is 11.3 Å². The summed E-state index contributed by atoms with van der Waals surface area (Å²) in [5, 5.41) is 12.3. The largest absolute Gasteiger partial charge is 0.386 e. The summed E-state index contributed by atoms with van der Waals surface area (Å²) in [6.07, 6.45) is 0. The van der Waals surface area contributed by atoms with Crippen molar-refractivity contribution in [2.24, 2.45) is 5.18 Å². The van der Waals surface area contributed by atoms with Crippen molar-refractivity contribution in [1.29, 1.82) is 0 Å². The second-order valence-corrected chi connectivity index (χ2v) is 3.20. The monoisotopic (exact) mass is 165 g/mol. The van der Waals surface area contributed by atoms with Gasteiger partial charge in [-0.15, -0.1) is 4.91 Å². The number of hydrogen-bond acceptors (Lipinski definition) is 3. The third-order valence-corrected chi connectivity index (χ3v) is 1.66. The van der Waals surface area contributed by atoms with E-state index in [-0.39, 0.29) is 0 Å². The maximum absolute atomic E-state index is 10.2. The molecule has 0 saturated carbocycles. The van der Waals surface area contributed by atoms with Crippen LogP contribution in [0.3, 0.4) is 0 Å². The molecule has 1 aromatic rings. The zero-order valence-corrected chi connectivity index (χ0v) is 7.11. The number of nitroso groups, excluding NO2 is 1. The van der Waals surface area contributed by atoms with Crippen molar-refractivity contribution in [3.63, 3.8) is 0 Å². The molecule has 0 aliphatic rings. The molecule has 64 valence electrons. The smallest absolute Gasteiger partial charge is 0.108 e.